The Balaban J connectivity index is 1.91. The molecule has 2 aromatic heterocycles. The minimum Gasteiger partial charge on any atom is -0.497 e. The van der Waals surface area contributed by atoms with Crippen LogP contribution < -0.4 is 14.6 Å². The number of furan rings is 1. The van der Waals surface area contributed by atoms with E-state index in [0.29, 0.717) is 0 Å². The van der Waals surface area contributed by atoms with Crippen LogP contribution in [0.15, 0.2) is 77.2 Å². The summed E-state index contributed by atoms with van der Waals surface area (Å²) in [6.07, 6.45) is 0. The van der Waals surface area contributed by atoms with Crippen LogP contribution in [0.25, 0.3) is 33.0 Å². The van der Waals surface area contributed by atoms with Crippen LogP contribution in [0.2, 0.25) is 0 Å². The van der Waals surface area contributed by atoms with Crippen LogP contribution >= 0.6 is 0 Å². The number of aromatic nitrogens is 1. The molecule has 0 atom stereocenters. The second-order valence-electron chi connectivity index (χ2n) is 6.58. The number of ether oxygens (including phenoxy) is 1. The summed E-state index contributed by atoms with van der Waals surface area (Å²) in [7, 11) is 3.76. The molecule has 5 aromatic rings. The van der Waals surface area contributed by atoms with Crippen molar-refractivity contribution in [3.63, 3.8) is 0 Å². The average molecular weight is 355 g/mol. The number of methoxy groups -OCH3 is 1. The summed E-state index contributed by atoms with van der Waals surface area (Å²) < 4.78 is 13.9. The topological polar surface area (TPSA) is 38.3 Å². The first kappa shape index (κ1) is 15.7. The molecule has 0 aliphatic rings. The molecule has 4 heteroatoms. The Hall–Kier alpha value is -3.53. The van der Waals surface area contributed by atoms with Gasteiger partial charge in [0.25, 0.3) is 5.52 Å². The van der Waals surface area contributed by atoms with Crippen molar-refractivity contribution in [1.29, 1.82) is 0 Å². The predicted octanol–water partition coefficient (Wildman–Crippen LogP) is 5.32. The van der Waals surface area contributed by atoms with Crippen molar-refractivity contribution in [3.8, 4) is 5.75 Å². The molecule has 0 fully saturated rings. The first-order chi connectivity index (χ1) is 13.3. The maximum atomic E-state index is 6.31. The lowest BCUT2D eigenvalue weighted by Crippen LogP contribution is -2.30. The summed E-state index contributed by atoms with van der Waals surface area (Å²) >= 11 is 0. The quantitative estimate of drug-likeness (QED) is 0.445. The number of nitrogens with zero attached hydrogens (tertiary/aromatic N) is 1. The number of hydrogen-bond acceptors (Lipinski definition) is 3. The fourth-order valence-corrected chi connectivity index (χ4v) is 3.70. The molecule has 0 aliphatic heterocycles. The van der Waals surface area contributed by atoms with Crippen LogP contribution in [0.1, 0.15) is 0 Å². The van der Waals surface area contributed by atoms with Crippen LogP contribution in [-0.2, 0) is 7.05 Å². The van der Waals surface area contributed by atoms with Gasteiger partial charge in [0, 0.05) is 11.8 Å². The van der Waals surface area contributed by atoms with Crippen LogP contribution in [0, 0.1) is 0 Å². The highest BCUT2D eigenvalue weighted by Crippen LogP contribution is 2.38. The van der Waals surface area contributed by atoms with Gasteiger partial charge in [-0.05, 0) is 36.4 Å². The Morgan fingerprint density at radius 2 is 1.67 bits per heavy atom. The summed E-state index contributed by atoms with van der Waals surface area (Å²) in [5.41, 5.74) is 5.85. The van der Waals surface area contributed by atoms with Crippen LogP contribution in [-0.4, -0.2) is 7.11 Å². The van der Waals surface area contributed by atoms with E-state index in [0.717, 1.165) is 50.1 Å². The van der Waals surface area contributed by atoms with Gasteiger partial charge in [0.2, 0.25) is 11.1 Å². The van der Waals surface area contributed by atoms with Crippen molar-refractivity contribution >= 4 is 44.3 Å². The first-order valence-electron chi connectivity index (χ1n) is 8.89. The first-order valence-corrected chi connectivity index (χ1v) is 8.89. The van der Waals surface area contributed by atoms with E-state index in [-0.39, 0.29) is 0 Å². The number of fused-ring (bicyclic) bond motifs is 4. The molecule has 2 heterocycles. The third-order valence-corrected chi connectivity index (χ3v) is 5.01. The summed E-state index contributed by atoms with van der Waals surface area (Å²) in [5, 5.41) is 5.72. The summed E-state index contributed by atoms with van der Waals surface area (Å²) in [6, 6.07) is 24.4. The number of pyridine rings is 1. The normalized spacial score (nSPS) is 11.3. The highest BCUT2D eigenvalue weighted by atomic mass is 16.5. The zero-order chi connectivity index (χ0) is 18.4. The largest absolute Gasteiger partial charge is 0.497 e. The van der Waals surface area contributed by atoms with Gasteiger partial charge in [-0.3, -0.25) is 0 Å². The van der Waals surface area contributed by atoms with Crippen LogP contribution in [0.3, 0.4) is 0 Å². The molecule has 0 saturated carbocycles. The van der Waals surface area contributed by atoms with Crippen molar-refractivity contribution in [2.45, 2.75) is 0 Å². The molecule has 0 amide bonds. The van der Waals surface area contributed by atoms with Crippen molar-refractivity contribution < 1.29 is 13.7 Å². The number of para-hydroxylation sites is 2. The SMILES string of the molecule is COc1ccc2oc3c(Nc4ccccc4)c4ccccc4[n+](C)c3c2c1. The van der Waals surface area contributed by atoms with E-state index in [2.05, 4.69) is 53.3 Å². The highest BCUT2D eigenvalue weighted by molar-refractivity contribution is 6.12. The number of hydrogen-bond donors (Lipinski definition) is 1. The third-order valence-electron chi connectivity index (χ3n) is 5.01. The lowest BCUT2D eigenvalue weighted by molar-refractivity contribution is -0.616. The molecule has 0 spiro atoms. The molecular weight excluding hydrogens is 336 g/mol. The van der Waals surface area contributed by atoms with E-state index < -0.39 is 0 Å². The molecule has 0 bridgehead atoms. The maximum absolute atomic E-state index is 6.31. The third kappa shape index (κ3) is 2.41. The Labute approximate surface area is 156 Å². The fraction of sp³-hybridized carbons (Fsp3) is 0.0870. The van der Waals surface area contributed by atoms with Gasteiger partial charge < -0.3 is 14.5 Å². The zero-order valence-corrected chi connectivity index (χ0v) is 15.2. The van der Waals surface area contributed by atoms with E-state index in [1.165, 1.54) is 0 Å². The predicted molar refractivity (Wildman–Crippen MR) is 109 cm³/mol. The van der Waals surface area contributed by atoms with Crippen molar-refractivity contribution in [3.05, 3.63) is 72.8 Å². The lowest BCUT2D eigenvalue weighted by atomic mass is 10.1. The van der Waals surface area contributed by atoms with Gasteiger partial charge in [0.1, 0.15) is 24.1 Å². The number of nitrogens with one attached hydrogen (secondary N) is 1. The molecule has 132 valence electrons. The lowest BCUT2D eigenvalue weighted by Gasteiger charge is -2.09. The minimum absolute atomic E-state index is 0.816. The number of aryl methyl sites for hydroxylation is 1. The Morgan fingerprint density at radius 3 is 2.48 bits per heavy atom. The fourth-order valence-electron chi connectivity index (χ4n) is 3.70. The second kappa shape index (κ2) is 6.02. The van der Waals surface area contributed by atoms with Gasteiger partial charge in [0.15, 0.2) is 0 Å². The summed E-state index contributed by atoms with van der Waals surface area (Å²) in [6.45, 7) is 0. The van der Waals surface area contributed by atoms with E-state index in [4.69, 9.17) is 9.15 Å². The molecule has 0 radical (unpaired) electrons. The Bertz CT molecular complexity index is 1290. The van der Waals surface area contributed by atoms with Crippen molar-refractivity contribution in [2.24, 2.45) is 7.05 Å². The molecule has 4 nitrogen and oxygen atoms in total. The molecule has 5 rings (SSSR count). The Morgan fingerprint density at radius 1 is 0.889 bits per heavy atom. The van der Waals surface area contributed by atoms with Gasteiger partial charge in [0.05, 0.1) is 17.9 Å². The molecule has 0 unspecified atom stereocenters. The number of rotatable bonds is 3. The van der Waals surface area contributed by atoms with Gasteiger partial charge in [-0.25, -0.2) is 0 Å². The molecule has 1 N–H and O–H groups in total. The molecular formula is C23H19N2O2+. The van der Waals surface area contributed by atoms with Crippen molar-refractivity contribution in [1.82, 2.24) is 0 Å². The second-order valence-corrected chi connectivity index (χ2v) is 6.58. The standard InChI is InChI=1S/C23H18N2O2/c1-25-19-11-7-6-10-17(19)21(24-15-8-4-3-5-9-15)23-22(25)18-14-16(26-2)12-13-20(18)27-23/h3-14H,1-2H3/p+1. The van der Waals surface area contributed by atoms with Crippen LogP contribution in [0.5, 0.6) is 5.75 Å². The molecule has 0 saturated heterocycles. The number of benzene rings is 3. The average Bonchev–Trinajstić information content (AvgIpc) is 3.10. The molecule has 27 heavy (non-hydrogen) atoms. The number of anilines is 2. The smallest absolute Gasteiger partial charge is 0.261 e. The zero-order valence-electron chi connectivity index (χ0n) is 15.2. The van der Waals surface area contributed by atoms with Gasteiger partial charge in [-0.15, -0.1) is 0 Å². The summed E-state index contributed by atoms with van der Waals surface area (Å²) in [5.74, 6) is 0.816. The van der Waals surface area contributed by atoms with Gasteiger partial charge in [-0.1, -0.05) is 30.3 Å². The molecule has 0 aliphatic carbocycles. The van der Waals surface area contributed by atoms with Crippen molar-refractivity contribution in [2.75, 3.05) is 12.4 Å². The van der Waals surface area contributed by atoms with E-state index >= 15 is 0 Å². The van der Waals surface area contributed by atoms with Gasteiger partial charge >= 0.3 is 0 Å². The summed E-state index contributed by atoms with van der Waals surface area (Å²) in [4.78, 5) is 0. The molecule has 3 aromatic carbocycles. The van der Waals surface area contributed by atoms with E-state index in [1.807, 2.05) is 36.4 Å². The van der Waals surface area contributed by atoms with Crippen LogP contribution in [0.4, 0.5) is 11.4 Å². The van der Waals surface area contributed by atoms with Gasteiger partial charge in [-0.2, -0.15) is 4.57 Å². The highest BCUT2D eigenvalue weighted by Gasteiger charge is 2.24. The van der Waals surface area contributed by atoms with E-state index in [1.54, 1.807) is 7.11 Å². The monoisotopic (exact) mass is 355 g/mol. The van der Waals surface area contributed by atoms with E-state index in [9.17, 15) is 0 Å². The maximum Gasteiger partial charge on any atom is 0.261 e. The Kier molecular flexibility index (Phi) is 3.50. The minimum atomic E-state index is 0.816.